The lowest BCUT2D eigenvalue weighted by atomic mass is 10.1. The zero-order valence-electron chi connectivity index (χ0n) is 14.5. The van der Waals surface area contributed by atoms with Gasteiger partial charge in [0, 0.05) is 36.9 Å². The molecule has 0 aromatic heterocycles. The molecule has 0 aliphatic carbocycles. The molecule has 0 bridgehead atoms. The minimum Gasteiger partial charge on any atom is -0.454 e. The summed E-state index contributed by atoms with van der Waals surface area (Å²) in [6.07, 6.45) is 0. The van der Waals surface area contributed by atoms with Gasteiger partial charge in [-0.15, -0.1) is 0 Å². The molecule has 0 amide bonds. The fraction of sp³-hybridized carbons (Fsp3) is 0.400. The van der Waals surface area contributed by atoms with Gasteiger partial charge in [-0.2, -0.15) is 0 Å². The Kier molecular flexibility index (Phi) is 4.76. The summed E-state index contributed by atoms with van der Waals surface area (Å²) in [5.74, 6) is 1.70. The number of ether oxygens (including phenoxy) is 3. The first-order valence-corrected chi connectivity index (χ1v) is 8.85. The maximum Gasteiger partial charge on any atom is 0.231 e. The molecule has 1 saturated heterocycles. The van der Waals surface area contributed by atoms with Gasteiger partial charge >= 0.3 is 0 Å². The third-order valence-corrected chi connectivity index (χ3v) is 4.85. The number of para-hydroxylation sites is 1. The van der Waals surface area contributed by atoms with E-state index in [0.29, 0.717) is 6.79 Å². The molecule has 1 atom stereocenters. The summed E-state index contributed by atoms with van der Waals surface area (Å²) < 4.78 is 16.4. The predicted octanol–water partition coefficient (Wildman–Crippen LogP) is 3.10. The van der Waals surface area contributed by atoms with Crippen LogP contribution in [0.2, 0.25) is 0 Å². The number of morpholine rings is 1. The summed E-state index contributed by atoms with van der Waals surface area (Å²) in [5.41, 5.74) is 3.68. The molecule has 132 valence electrons. The Hall–Kier alpha value is -2.24. The summed E-state index contributed by atoms with van der Waals surface area (Å²) in [6, 6.07) is 15.1. The van der Waals surface area contributed by atoms with E-state index in [9.17, 15) is 0 Å². The second-order valence-corrected chi connectivity index (χ2v) is 6.44. The van der Waals surface area contributed by atoms with E-state index < -0.39 is 0 Å². The zero-order valence-corrected chi connectivity index (χ0v) is 14.5. The lowest BCUT2D eigenvalue weighted by Crippen LogP contribution is -2.36. The second kappa shape index (κ2) is 7.33. The summed E-state index contributed by atoms with van der Waals surface area (Å²) in [6.45, 7) is 6.80. The van der Waals surface area contributed by atoms with Crippen LogP contribution in [0.4, 0.5) is 5.69 Å². The Balaban J connectivity index is 1.38. The number of nitrogens with one attached hydrogen (secondary N) is 1. The molecule has 2 aromatic carbocycles. The number of benzene rings is 2. The van der Waals surface area contributed by atoms with Crippen molar-refractivity contribution in [3.05, 3.63) is 53.6 Å². The van der Waals surface area contributed by atoms with Crippen molar-refractivity contribution in [2.24, 2.45) is 0 Å². The molecule has 2 aliphatic rings. The zero-order chi connectivity index (χ0) is 17.1. The summed E-state index contributed by atoms with van der Waals surface area (Å²) in [4.78, 5) is 2.37. The van der Waals surface area contributed by atoms with Crippen LogP contribution in [0.5, 0.6) is 11.5 Å². The van der Waals surface area contributed by atoms with Crippen LogP contribution in [0, 0.1) is 0 Å². The van der Waals surface area contributed by atoms with E-state index in [1.54, 1.807) is 0 Å². The molecular formula is C20H24N2O3. The van der Waals surface area contributed by atoms with Crippen molar-refractivity contribution in [1.29, 1.82) is 0 Å². The third kappa shape index (κ3) is 3.57. The maximum absolute atomic E-state index is 5.57. The number of nitrogens with zero attached hydrogens (tertiary/aromatic N) is 1. The van der Waals surface area contributed by atoms with E-state index in [4.69, 9.17) is 14.2 Å². The maximum atomic E-state index is 5.57. The molecule has 25 heavy (non-hydrogen) atoms. The van der Waals surface area contributed by atoms with Crippen LogP contribution in [-0.4, -0.2) is 33.1 Å². The number of hydrogen-bond donors (Lipinski definition) is 1. The van der Waals surface area contributed by atoms with Gasteiger partial charge in [-0.3, -0.25) is 0 Å². The first-order valence-electron chi connectivity index (χ1n) is 8.85. The molecule has 0 unspecified atom stereocenters. The largest absolute Gasteiger partial charge is 0.454 e. The Morgan fingerprint density at radius 2 is 1.84 bits per heavy atom. The van der Waals surface area contributed by atoms with E-state index in [-0.39, 0.29) is 6.04 Å². The average Bonchev–Trinajstić information content (AvgIpc) is 3.16. The SMILES string of the molecule is C[C@@H](NCc1cccc2c1OCO2)c1ccc(N2CCOCC2)cc1. The number of fused-ring (bicyclic) bond motifs is 1. The molecule has 1 N–H and O–H groups in total. The van der Waals surface area contributed by atoms with E-state index in [1.807, 2.05) is 12.1 Å². The highest BCUT2D eigenvalue weighted by molar-refractivity contribution is 5.49. The van der Waals surface area contributed by atoms with E-state index in [0.717, 1.165) is 49.9 Å². The van der Waals surface area contributed by atoms with Gasteiger partial charge in [0.1, 0.15) is 0 Å². The van der Waals surface area contributed by atoms with Gasteiger partial charge in [0.2, 0.25) is 6.79 Å². The van der Waals surface area contributed by atoms with Crippen LogP contribution in [0.1, 0.15) is 24.1 Å². The Labute approximate surface area is 148 Å². The van der Waals surface area contributed by atoms with Crippen molar-refractivity contribution >= 4 is 5.69 Å². The van der Waals surface area contributed by atoms with Gasteiger partial charge in [-0.05, 0) is 30.7 Å². The fourth-order valence-corrected chi connectivity index (χ4v) is 3.31. The quantitative estimate of drug-likeness (QED) is 0.906. The van der Waals surface area contributed by atoms with Gasteiger partial charge in [0.15, 0.2) is 11.5 Å². The van der Waals surface area contributed by atoms with Gasteiger partial charge in [0.05, 0.1) is 13.2 Å². The normalized spacial score (nSPS) is 17.6. The minimum atomic E-state index is 0.261. The molecule has 2 heterocycles. The molecule has 2 aliphatic heterocycles. The van der Waals surface area contributed by atoms with Crippen LogP contribution in [0.15, 0.2) is 42.5 Å². The van der Waals surface area contributed by atoms with E-state index >= 15 is 0 Å². The van der Waals surface area contributed by atoms with E-state index in [1.165, 1.54) is 11.3 Å². The molecule has 1 fully saturated rings. The first-order chi connectivity index (χ1) is 12.3. The standard InChI is InChI=1S/C20H24N2O3/c1-15(21-13-17-3-2-4-19-20(17)25-14-24-19)16-5-7-18(8-6-16)22-9-11-23-12-10-22/h2-8,15,21H,9-14H2,1H3/t15-/m1/s1. The Morgan fingerprint density at radius 1 is 1.04 bits per heavy atom. The van der Waals surface area contributed by atoms with E-state index in [2.05, 4.69) is 47.5 Å². The van der Waals surface area contributed by atoms with Crippen LogP contribution in [0.3, 0.4) is 0 Å². The van der Waals surface area contributed by atoms with Crippen molar-refractivity contribution in [2.75, 3.05) is 38.0 Å². The highest BCUT2D eigenvalue weighted by atomic mass is 16.7. The first kappa shape index (κ1) is 16.2. The predicted molar refractivity (Wildman–Crippen MR) is 97.3 cm³/mol. The highest BCUT2D eigenvalue weighted by Gasteiger charge is 2.17. The van der Waals surface area contributed by atoms with Gasteiger partial charge < -0.3 is 24.4 Å². The monoisotopic (exact) mass is 340 g/mol. The molecule has 0 radical (unpaired) electrons. The van der Waals surface area contributed by atoms with Crippen molar-refractivity contribution in [3.63, 3.8) is 0 Å². The molecule has 0 saturated carbocycles. The summed E-state index contributed by atoms with van der Waals surface area (Å²) >= 11 is 0. The highest BCUT2D eigenvalue weighted by Crippen LogP contribution is 2.35. The molecule has 5 heteroatoms. The topological polar surface area (TPSA) is 43.0 Å². The van der Waals surface area contributed by atoms with Crippen LogP contribution in [0.25, 0.3) is 0 Å². The molecule has 0 spiro atoms. The Bertz CT molecular complexity index is 711. The van der Waals surface area contributed by atoms with Crippen molar-refractivity contribution in [3.8, 4) is 11.5 Å². The van der Waals surface area contributed by atoms with Crippen LogP contribution in [-0.2, 0) is 11.3 Å². The lowest BCUT2D eigenvalue weighted by Gasteiger charge is -2.29. The van der Waals surface area contributed by atoms with Crippen molar-refractivity contribution in [1.82, 2.24) is 5.32 Å². The second-order valence-electron chi connectivity index (χ2n) is 6.44. The summed E-state index contributed by atoms with van der Waals surface area (Å²) in [5, 5.41) is 3.57. The van der Waals surface area contributed by atoms with Gasteiger partial charge in [-0.25, -0.2) is 0 Å². The third-order valence-electron chi connectivity index (χ3n) is 4.85. The molecule has 5 nitrogen and oxygen atoms in total. The minimum absolute atomic E-state index is 0.261. The van der Waals surface area contributed by atoms with Gasteiger partial charge in [-0.1, -0.05) is 24.3 Å². The number of anilines is 1. The molecular weight excluding hydrogens is 316 g/mol. The number of rotatable bonds is 5. The number of hydrogen-bond acceptors (Lipinski definition) is 5. The fourth-order valence-electron chi connectivity index (χ4n) is 3.31. The lowest BCUT2D eigenvalue weighted by molar-refractivity contribution is 0.122. The summed E-state index contributed by atoms with van der Waals surface area (Å²) in [7, 11) is 0. The average molecular weight is 340 g/mol. The van der Waals surface area contributed by atoms with Crippen LogP contribution < -0.4 is 19.7 Å². The smallest absolute Gasteiger partial charge is 0.231 e. The van der Waals surface area contributed by atoms with Crippen LogP contribution >= 0.6 is 0 Å². The molecule has 4 rings (SSSR count). The molecule has 2 aromatic rings. The van der Waals surface area contributed by atoms with Gasteiger partial charge in [0.25, 0.3) is 0 Å². The van der Waals surface area contributed by atoms with Crippen molar-refractivity contribution in [2.45, 2.75) is 19.5 Å². The van der Waals surface area contributed by atoms with Crippen molar-refractivity contribution < 1.29 is 14.2 Å². The Morgan fingerprint density at radius 3 is 2.64 bits per heavy atom.